The summed E-state index contributed by atoms with van der Waals surface area (Å²) in [7, 11) is 1.38. The van der Waals surface area contributed by atoms with Gasteiger partial charge in [0, 0.05) is 31.0 Å². The van der Waals surface area contributed by atoms with Gasteiger partial charge in [-0.05, 0) is 43.5 Å². The standard InChI is InChI=1S/C13H12F3N3.C6H7F2N3O/c14-13(15,16)12-7-9(4-5-17-12)11-8-10-3-1-2-6-19(10)18-11;1-11-4(6(9)12)2-3(10-11)5(7)8/h4-5,7-8H,1-3,6H2;2,5H,1H3,(H2,9,12). The monoisotopic (exact) mass is 442 g/mol. The van der Waals surface area contributed by atoms with E-state index in [1.54, 1.807) is 6.07 Å². The van der Waals surface area contributed by atoms with Gasteiger partial charge in [0.25, 0.3) is 12.3 Å². The number of alkyl halides is 5. The number of pyridine rings is 1. The van der Waals surface area contributed by atoms with Gasteiger partial charge in [0.2, 0.25) is 0 Å². The van der Waals surface area contributed by atoms with Crippen LogP contribution >= 0.6 is 0 Å². The average molecular weight is 442 g/mol. The second-order valence-corrected chi connectivity index (χ2v) is 6.87. The summed E-state index contributed by atoms with van der Waals surface area (Å²) < 4.78 is 64.8. The number of amides is 1. The second kappa shape index (κ2) is 8.82. The number of carbonyl (C=O) groups excluding carboxylic acids is 1. The summed E-state index contributed by atoms with van der Waals surface area (Å²) >= 11 is 0. The molecular formula is C19H19F5N6O. The van der Waals surface area contributed by atoms with Crippen LogP contribution < -0.4 is 5.73 Å². The van der Waals surface area contributed by atoms with Crippen molar-refractivity contribution in [3.8, 4) is 11.3 Å². The van der Waals surface area contributed by atoms with Crippen LogP contribution in [-0.4, -0.2) is 30.5 Å². The van der Waals surface area contributed by atoms with Gasteiger partial charge < -0.3 is 5.73 Å². The number of nitrogens with zero attached hydrogens (tertiary/aromatic N) is 5. The van der Waals surface area contributed by atoms with Crippen molar-refractivity contribution in [3.05, 3.63) is 53.2 Å². The summed E-state index contributed by atoms with van der Waals surface area (Å²) in [6.07, 6.45) is -2.81. The van der Waals surface area contributed by atoms with Crippen molar-refractivity contribution in [2.24, 2.45) is 12.8 Å². The number of nitrogens with two attached hydrogens (primary N) is 1. The molecule has 1 aliphatic heterocycles. The summed E-state index contributed by atoms with van der Waals surface area (Å²) in [5.41, 5.74) is 5.68. The number of primary amides is 1. The van der Waals surface area contributed by atoms with Crippen molar-refractivity contribution in [1.29, 1.82) is 0 Å². The van der Waals surface area contributed by atoms with Gasteiger partial charge in [0.15, 0.2) is 0 Å². The zero-order valence-corrected chi connectivity index (χ0v) is 16.4. The minimum atomic E-state index is -4.42. The highest BCUT2D eigenvalue weighted by molar-refractivity contribution is 5.91. The predicted molar refractivity (Wildman–Crippen MR) is 100 cm³/mol. The lowest BCUT2D eigenvalue weighted by Gasteiger charge is -2.11. The number of rotatable bonds is 3. The molecule has 0 bridgehead atoms. The summed E-state index contributed by atoms with van der Waals surface area (Å²) in [4.78, 5) is 13.9. The van der Waals surface area contributed by atoms with E-state index in [2.05, 4.69) is 15.2 Å². The van der Waals surface area contributed by atoms with Crippen molar-refractivity contribution in [2.75, 3.05) is 0 Å². The molecule has 1 amide bonds. The first-order chi connectivity index (χ1) is 14.6. The molecule has 0 atom stereocenters. The van der Waals surface area contributed by atoms with E-state index >= 15 is 0 Å². The molecule has 0 unspecified atom stereocenters. The van der Waals surface area contributed by atoms with Gasteiger partial charge in [-0.25, -0.2) is 8.78 Å². The zero-order chi connectivity index (χ0) is 22.8. The Morgan fingerprint density at radius 3 is 2.45 bits per heavy atom. The van der Waals surface area contributed by atoms with Crippen LogP contribution in [0.4, 0.5) is 22.0 Å². The molecule has 0 saturated carbocycles. The molecule has 166 valence electrons. The third-order valence-electron chi connectivity index (χ3n) is 4.64. The van der Waals surface area contributed by atoms with Crippen molar-refractivity contribution >= 4 is 5.91 Å². The van der Waals surface area contributed by atoms with E-state index in [4.69, 9.17) is 5.73 Å². The van der Waals surface area contributed by atoms with Crippen LogP contribution in [0.5, 0.6) is 0 Å². The maximum Gasteiger partial charge on any atom is 0.433 e. The normalized spacial score (nSPS) is 13.5. The van der Waals surface area contributed by atoms with Gasteiger partial charge in [-0.1, -0.05) is 0 Å². The smallest absolute Gasteiger partial charge is 0.364 e. The van der Waals surface area contributed by atoms with E-state index in [1.165, 1.54) is 13.2 Å². The van der Waals surface area contributed by atoms with E-state index in [0.717, 1.165) is 48.3 Å². The molecule has 4 rings (SSSR count). The Hall–Kier alpha value is -3.31. The minimum Gasteiger partial charge on any atom is -0.364 e. The minimum absolute atomic E-state index is 0.0229. The molecule has 3 aromatic rings. The van der Waals surface area contributed by atoms with E-state index in [1.807, 2.05) is 10.7 Å². The molecule has 4 heterocycles. The molecule has 1 aliphatic rings. The molecule has 0 aromatic carbocycles. The maximum atomic E-state index is 12.6. The maximum absolute atomic E-state index is 12.6. The van der Waals surface area contributed by atoms with E-state index < -0.39 is 29.9 Å². The fourth-order valence-electron chi connectivity index (χ4n) is 3.13. The second-order valence-electron chi connectivity index (χ2n) is 6.87. The van der Waals surface area contributed by atoms with E-state index in [9.17, 15) is 26.7 Å². The van der Waals surface area contributed by atoms with Crippen LogP contribution in [-0.2, 0) is 26.2 Å². The fraction of sp³-hybridized carbons (Fsp3) is 0.368. The van der Waals surface area contributed by atoms with Crippen LogP contribution in [0, 0.1) is 0 Å². The predicted octanol–water partition coefficient (Wildman–Crippen LogP) is 3.76. The Morgan fingerprint density at radius 1 is 1.16 bits per heavy atom. The Kier molecular flexibility index (Phi) is 6.37. The molecule has 0 radical (unpaired) electrons. The molecule has 0 fully saturated rings. The van der Waals surface area contributed by atoms with Crippen molar-refractivity contribution in [3.63, 3.8) is 0 Å². The molecule has 31 heavy (non-hydrogen) atoms. The van der Waals surface area contributed by atoms with Gasteiger partial charge in [-0.2, -0.15) is 23.4 Å². The quantitative estimate of drug-likeness (QED) is 0.626. The number of hydrogen-bond acceptors (Lipinski definition) is 4. The summed E-state index contributed by atoms with van der Waals surface area (Å²) in [6, 6.07) is 5.46. The van der Waals surface area contributed by atoms with Crippen LogP contribution in [0.25, 0.3) is 11.3 Å². The number of halogens is 5. The number of hydrogen-bond donors (Lipinski definition) is 1. The highest BCUT2D eigenvalue weighted by Crippen LogP contribution is 2.30. The zero-order valence-electron chi connectivity index (χ0n) is 16.4. The lowest BCUT2D eigenvalue weighted by atomic mass is 10.1. The molecule has 0 saturated heterocycles. The first kappa shape index (κ1) is 22.4. The third kappa shape index (κ3) is 5.25. The summed E-state index contributed by atoms with van der Waals surface area (Å²) in [5, 5.41) is 7.76. The summed E-state index contributed by atoms with van der Waals surface area (Å²) in [5.74, 6) is -0.767. The van der Waals surface area contributed by atoms with Gasteiger partial charge in [0.05, 0.1) is 5.69 Å². The SMILES string of the molecule is Cn1nc(C(F)F)cc1C(N)=O.FC(F)(F)c1cc(-c2cc3n(n2)CCCC3)ccn1. The van der Waals surface area contributed by atoms with Crippen LogP contribution in [0.3, 0.4) is 0 Å². The van der Waals surface area contributed by atoms with Gasteiger partial charge in [0.1, 0.15) is 17.1 Å². The molecule has 7 nitrogen and oxygen atoms in total. The molecule has 0 aliphatic carbocycles. The molecule has 2 N–H and O–H groups in total. The van der Waals surface area contributed by atoms with Crippen LogP contribution in [0.1, 0.15) is 46.8 Å². The third-order valence-corrected chi connectivity index (χ3v) is 4.64. The number of carbonyl (C=O) groups is 1. The van der Waals surface area contributed by atoms with Gasteiger partial charge in [-0.15, -0.1) is 0 Å². The fourth-order valence-corrected chi connectivity index (χ4v) is 3.13. The molecule has 3 aromatic heterocycles. The van der Waals surface area contributed by atoms with Crippen molar-refractivity contribution in [2.45, 2.75) is 38.4 Å². The Balaban J connectivity index is 0.000000196. The number of aromatic nitrogens is 5. The van der Waals surface area contributed by atoms with E-state index in [-0.39, 0.29) is 5.69 Å². The Morgan fingerprint density at radius 2 is 1.90 bits per heavy atom. The first-order valence-electron chi connectivity index (χ1n) is 9.28. The molecule has 12 heteroatoms. The van der Waals surface area contributed by atoms with Crippen LogP contribution in [0.15, 0.2) is 30.5 Å². The highest BCUT2D eigenvalue weighted by Gasteiger charge is 2.32. The molecular weight excluding hydrogens is 423 g/mol. The van der Waals surface area contributed by atoms with Crippen molar-refractivity contribution < 1.29 is 26.7 Å². The number of aryl methyl sites for hydroxylation is 3. The van der Waals surface area contributed by atoms with E-state index in [0.29, 0.717) is 11.3 Å². The largest absolute Gasteiger partial charge is 0.433 e. The van der Waals surface area contributed by atoms with Crippen molar-refractivity contribution in [1.82, 2.24) is 24.5 Å². The highest BCUT2D eigenvalue weighted by atomic mass is 19.4. The molecule has 0 spiro atoms. The van der Waals surface area contributed by atoms with Crippen LogP contribution in [0.2, 0.25) is 0 Å². The summed E-state index contributed by atoms with van der Waals surface area (Å²) in [6.45, 7) is 0.840. The number of fused-ring (bicyclic) bond motifs is 1. The topological polar surface area (TPSA) is 91.6 Å². The first-order valence-corrected chi connectivity index (χ1v) is 9.28. The lowest BCUT2D eigenvalue weighted by Crippen LogP contribution is -2.15. The Labute approximate surface area is 173 Å². The lowest BCUT2D eigenvalue weighted by molar-refractivity contribution is -0.141. The van der Waals surface area contributed by atoms with Gasteiger partial charge in [-0.3, -0.25) is 19.1 Å². The average Bonchev–Trinajstić information content (AvgIpc) is 3.32. The van der Waals surface area contributed by atoms with Gasteiger partial charge >= 0.3 is 6.18 Å². The Bertz CT molecular complexity index is 1050.